The number of amides is 1. The van der Waals surface area contributed by atoms with Crippen LogP contribution >= 0.6 is 34.8 Å². The minimum atomic E-state index is -4.01. The molecule has 0 unspecified atom stereocenters. The third-order valence-electron chi connectivity index (χ3n) is 5.11. The van der Waals surface area contributed by atoms with E-state index in [-0.39, 0.29) is 37.0 Å². The molecule has 9 nitrogen and oxygen atoms in total. The number of carbonyl (C=O) groups is 1. The van der Waals surface area contributed by atoms with Crippen molar-refractivity contribution in [3.8, 4) is 5.75 Å². The number of rotatable bonds is 9. The molecule has 14 heteroatoms. The summed E-state index contributed by atoms with van der Waals surface area (Å²) in [5.41, 5.74) is 0.529. The molecule has 0 aromatic heterocycles. The smallest absolute Gasteiger partial charge is 0.261 e. The first-order chi connectivity index (χ1) is 17.2. The van der Waals surface area contributed by atoms with E-state index in [1.165, 1.54) is 68.6 Å². The summed E-state index contributed by atoms with van der Waals surface area (Å²) in [7, 11) is -6.48. The van der Waals surface area contributed by atoms with Gasteiger partial charge in [0, 0.05) is 5.69 Å². The van der Waals surface area contributed by atoms with Crippen LogP contribution in [0.25, 0.3) is 0 Å². The van der Waals surface area contributed by atoms with Gasteiger partial charge < -0.3 is 10.1 Å². The number of halogens is 3. The molecule has 3 aromatic carbocycles. The normalized spacial score (nSPS) is 12.5. The quantitative estimate of drug-likeness (QED) is 0.343. The topological polar surface area (TPSA) is 122 Å². The SMILES string of the molecule is COc1ccc(N([C@@H](C)C(=O)Nc2ccc(S(=O)(=O)Nc3cccc(Cl)c3Cl)cc2)S(C)(=O)=O)cc1Cl. The second kappa shape index (κ2) is 11.4. The lowest BCUT2D eigenvalue weighted by Gasteiger charge is -2.28. The predicted octanol–water partition coefficient (Wildman–Crippen LogP) is 5.25. The summed E-state index contributed by atoms with van der Waals surface area (Å²) in [6, 6.07) is 13.0. The zero-order valence-electron chi connectivity index (χ0n) is 19.7. The Hall–Kier alpha value is -2.70. The highest BCUT2D eigenvalue weighted by atomic mass is 35.5. The second-order valence-electron chi connectivity index (χ2n) is 7.77. The van der Waals surface area contributed by atoms with Gasteiger partial charge in [-0.1, -0.05) is 40.9 Å². The van der Waals surface area contributed by atoms with Crippen LogP contribution in [-0.2, 0) is 24.8 Å². The van der Waals surface area contributed by atoms with Gasteiger partial charge in [0.15, 0.2) is 0 Å². The summed E-state index contributed by atoms with van der Waals surface area (Å²) >= 11 is 18.1. The van der Waals surface area contributed by atoms with Gasteiger partial charge in [-0.15, -0.1) is 0 Å². The van der Waals surface area contributed by atoms with E-state index in [9.17, 15) is 21.6 Å². The number of nitrogens with one attached hydrogen (secondary N) is 2. The molecule has 3 rings (SSSR count). The lowest BCUT2D eigenvalue weighted by atomic mass is 10.2. The van der Waals surface area contributed by atoms with Crippen LogP contribution in [0.3, 0.4) is 0 Å². The number of methoxy groups -OCH3 is 1. The molecule has 0 saturated carbocycles. The van der Waals surface area contributed by atoms with E-state index in [2.05, 4.69) is 10.0 Å². The summed E-state index contributed by atoms with van der Waals surface area (Å²) in [5.74, 6) is -0.310. The number of carbonyl (C=O) groups excluding carboxylic acids is 1. The first-order valence-electron chi connectivity index (χ1n) is 10.5. The number of hydrogen-bond acceptors (Lipinski definition) is 6. The first-order valence-corrected chi connectivity index (χ1v) is 14.9. The fourth-order valence-electron chi connectivity index (χ4n) is 3.35. The van der Waals surface area contributed by atoms with Crippen molar-refractivity contribution in [3.63, 3.8) is 0 Å². The molecular formula is C23H22Cl3N3O6S2. The summed E-state index contributed by atoms with van der Waals surface area (Å²) in [6.45, 7) is 1.41. The lowest BCUT2D eigenvalue weighted by Crippen LogP contribution is -2.45. The molecule has 0 aliphatic heterocycles. The minimum Gasteiger partial charge on any atom is -0.495 e. The zero-order valence-corrected chi connectivity index (χ0v) is 23.6. The highest BCUT2D eigenvalue weighted by molar-refractivity contribution is 7.92. The van der Waals surface area contributed by atoms with Gasteiger partial charge in [0.05, 0.1) is 44.7 Å². The van der Waals surface area contributed by atoms with Crippen molar-refractivity contribution in [3.05, 3.63) is 75.7 Å². The highest BCUT2D eigenvalue weighted by Gasteiger charge is 2.30. The summed E-state index contributed by atoms with van der Waals surface area (Å²) in [5, 5.41) is 3.01. The molecule has 0 aliphatic carbocycles. The number of ether oxygens (including phenoxy) is 1. The first kappa shape index (κ1) is 28.9. The standard InChI is InChI=1S/C23H22Cl3N3O6S2/c1-14(29(36(3,31)32)16-9-12-21(35-2)19(25)13-16)23(30)27-15-7-10-17(11-8-15)37(33,34)28-20-6-4-5-18(24)22(20)26/h4-14,28H,1-3H3,(H,27,30)/t14-/m0/s1. The van der Waals surface area contributed by atoms with E-state index in [1.807, 2.05) is 0 Å². The Morgan fingerprint density at radius 3 is 2.16 bits per heavy atom. The number of anilines is 3. The van der Waals surface area contributed by atoms with Crippen LogP contribution in [0, 0.1) is 0 Å². The molecule has 0 heterocycles. The van der Waals surface area contributed by atoms with Crippen LogP contribution in [0.15, 0.2) is 65.6 Å². The highest BCUT2D eigenvalue weighted by Crippen LogP contribution is 2.32. The lowest BCUT2D eigenvalue weighted by molar-refractivity contribution is -0.116. The number of benzene rings is 3. The Morgan fingerprint density at radius 1 is 0.946 bits per heavy atom. The third kappa shape index (κ3) is 6.79. The summed E-state index contributed by atoms with van der Waals surface area (Å²) in [4.78, 5) is 12.8. The molecule has 37 heavy (non-hydrogen) atoms. The molecule has 3 aromatic rings. The average Bonchev–Trinajstić information content (AvgIpc) is 2.81. The van der Waals surface area contributed by atoms with Crippen molar-refractivity contribution >= 4 is 77.8 Å². The Morgan fingerprint density at radius 2 is 1.59 bits per heavy atom. The fraction of sp³-hybridized carbons (Fsp3) is 0.174. The predicted molar refractivity (Wildman–Crippen MR) is 147 cm³/mol. The average molecular weight is 607 g/mol. The Bertz CT molecular complexity index is 1530. The number of sulfonamides is 2. The third-order valence-corrected chi connectivity index (χ3v) is 8.84. The molecule has 1 atom stereocenters. The van der Waals surface area contributed by atoms with Crippen molar-refractivity contribution in [1.29, 1.82) is 0 Å². The Labute approximate surface area is 230 Å². The molecule has 0 saturated heterocycles. The van der Waals surface area contributed by atoms with Crippen molar-refractivity contribution < 1.29 is 26.4 Å². The Kier molecular flexibility index (Phi) is 8.86. The number of nitrogens with zero attached hydrogens (tertiary/aromatic N) is 1. The second-order valence-corrected chi connectivity index (χ2v) is 12.5. The largest absolute Gasteiger partial charge is 0.495 e. The molecule has 0 fully saturated rings. The fourth-order valence-corrected chi connectivity index (χ4v) is 6.25. The molecule has 0 spiro atoms. The van der Waals surface area contributed by atoms with Gasteiger partial charge in [-0.2, -0.15) is 0 Å². The van der Waals surface area contributed by atoms with Crippen LogP contribution in [0.1, 0.15) is 6.92 Å². The molecule has 0 radical (unpaired) electrons. The molecule has 198 valence electrons. The number of hydrogen-bond donors (Lipinski definition) is 2. The van der Waals surface area contributed by atoms with E-state index in [0.29, 0.717) is 5.75 Å². The summed E-state index contributed by atoms with van der Waals surface area (Å²) < 4.78 is 58.9. The van der Waals surface area contributed by atoms with Gasteiger partial charge in [0.1, 0.15) is 11.8 Å². The van der Waals surface area contributed by atoms with E-state index >= 15 is 0 Å². The van der Waals surface area contributed by atoms with E-state index in [4.69, 9.17) is 39.5 Å². The monoisotopic (exact) mass is 605 g/mol. The van der Waals surface area contributed by atoms with Gasteiger partial charge in [-0.05, 0) is 61.5 Å². The van der Waals surface area contributed by atoms with Crippen molar-refractivity contribution in [2.75, 3.05) is 27.7 Å². The maximum atomic E-state index is 12.9. The van der Waals surface area contributed by atoms with Gasteiger partial charge in [-0.25, -0.2) is 16.8 Å². The van der Waals surface area contributed by atoms with E-state index < -0.39 is 32.0 Å². The van der Waals surface area contributed by atoms with Crippen LogP contribution in [-0.4, -0.2) is 42.2 Å². The van der Waals surface area contributed by atoms with Crippen molar-refractivity contribution in [1.82, 2.24) is 0 Å². The van der Waals surface area contributed by atoms with Crippen LogP contribution in [0.5, 0.6) is 5.75 Å². The van der Waals surface area contributed by atoms with Gasteiger partial charge in [-0.3, -0.25) is 13.8 Å². The van der Waals surface area contributed by atoms with Crippen molar-refractivity contribution in [2.24, 2.45) is 0 Å². The molecule has 0 bridgehead atoms. The van der Waals surface area contributed by atoms with E-state index in [1.54, 1.807) is 6.07 Å². The van der Waals surface area contributed by atoms with Crippen molar-refractivity contribution in [2.45, 2.75) is 17.9 Å². The van der Waals surface area contributed by atoms with Crippen LogP contribution in [0.4, 0.5) is 17.1 Å². The van der Waals surface area contributed by atoms with Crippen LogP contribution < -0.4 is 19.1 Å². The molecule has 0 aliphatic rings. The van der Waals surface area contributed by atoms with Crippen LogP contribution in [0.2, 0.25) is 15.1 Å². The van der Waals surface area contributed by atoms with E-state index in [0.717, 1.165) is 10.6 Å². The molecular weight excluding hydrogens is 585 g/mol. The zero-order chi connectivity index (χ0) is 27.5. The maximum Gasteiger partial charge on any atom is 0.261 e. The summed E-state index contributed by atoms with van der Waals surface area (Å²) in [6.07, 6.45) is 0.966. The minimum absolute atomic E-state index is 0.0548. The Balaban J connectivity index is 1.79. The molecule has 1 amide bonds. The maximum absolute atomic E-state index is 12.9. The van der Waals surface area contributed by atoms with Gasteiger partial charge in [0.2, 0.25) is 15.9 Å². The van der Waals surface area contributed by atoms with Gasteiger partial charge >= 0.3 is 0 Å². The molecule has 2 N–H and O–H groups in total. The van der Waals surface area contributed by atoms with Gasteiger partial charge in [0.25, 0.3) is 10.0 Å².